The number of nitrogens with one attached hydrogen (secondary N) is 1. The molecule has 3 heterocycles. The number of amides is 1. The Morgan fingerprint density at radius 1 is 1.55 bits per heavy atom. The number of aromatic nitrogens is 1. The molecule has 6 heteroatoms. The molecule has 2 aliphatic rings. The molecule has 3 rings (SSSR count). The lowest BCUT2D eigenvalue weighted by molar-refractivity contribution is -0.142. The van der Waals surface area contributed by atoms with Crippen LogP contribution in [0.15, 0.2) is 18.3 Å². The zero-order valence-corrected chi connectivity index (χ0v) is 11.9. The minimum absolute atomic E-state index is 0.0481. The first-order valence-corrected chi connectivity index (χ1v) is 7.33. The maximum absolute atomic E-state index is 12.3. The van der Waals surface area contributed by atoms with Gasteiger partial charge in [-0.3, -0.25) is 4.79 Å². The van der Waals surface area contributed by atoms with Gasteiger partial charge in [-0.05, 0) is 31.4 Å². The molecular formula is C14H18ClN3O2. The normalized spacial score (nSPS) is 30.4. The van der Waals surface area contributed by atoms with Gasteiger partial charge in [0.1, 0.15) is 5.82 Å². The molecule has 1 aromatic rings. The van der Waals surface area contributed by atoms with E-state index in [-0.39, 0.29) is 5.91 Å². The Hall–Kier alpha value is -1.33. The number of carbonyl (C=O) groups is 1. The van der Waals surface area contributed by atoms with Crippen LogP contribution in [0, 0.1) is 5.41 Å². The van der Waals surface area contributed by atoms with Gasteiger partial charge >= 0.3 is 0 Å². The van der Waals surface area contributed by atoms with Crippen LogP contribution in [0.3, 0.4) is 0 Å². The molecule has 2 N–H and O–H groups in total. The van der Waals surface area contributed by atoms with E-state index in [2.05, 4.69) is 10.3 Å². The van der Waals surface area contributed by atoms with E-state index in [1.165, 1.54) is 0 Å². The summed E-state index contributed by atoms with van der Waals surface area (Å²) in [4.78, 5) is 18.6. The molecule has 0 aliphatic carbocycles. The predicted molar refractivity (Wildman–Crippen MR) is 76.8 cm³/mol. The van der Waals surface area contributed by atoms with Crippen molar-refractivity contribution in [2.45, 2.75) is 25.4 Å². The molecule has 1 spiro atoms. The summed E-state index contributed by atoms with van der Waals surface area (Å²) in [7, 11) is 0. The van der Waals surface area contributed by atoms with Crippen LogP contribution in [0.4, 0.5) is 5.82 Å². The second-order valence-electron chi connectivity index (χ2n) is 5.55. The summed E-state index contributed by atoms with van der Waals surface area (Å²) in [6.45, 7) is 1.82. The highest BCUT2D eigenvalue weighted by molar-refractivity contribution is 6.32. The van der Waals surface area contributed by atoms with Gasteiger partial charge < -0.3 is 15.3 Å². The van der Waals surface area contributed by atoms with E-state index in [4.69, 9.17) is 11.6 Å². The molecule has 108 valence electrons. The topological polar surface area (TPSA) is 65.5 Å². The summed E-state index contributed by atoms with van der Waals surface area (Å²) in [5, 5.41) is 13.8. The van der Waals surface area contributed by atoms with Crippen LogP contribution < -0.4 is 10.2 Å². The zero-order valence-electron chi connectivity index (χ0n) is 11.2. The summed E-state index contributed by atoms with van der Waals surface area (Å²) < 4.78 is 0. The van der Waals surface area contributed by atoms with Gasteiger partial charge in [-0.2, -0.15) is 0 Å². The fraction of sp³-hybridized carbons (Fsp3) is 0.571. The molecule has 2 atom stereocenters. The fourth-order valence-electron chi connectivity index (χ4n) is 3.23. The second kappa shape index (κ2) is 5.22. The summed E-state index contributed by atoms with van der Waals surface area (Å²) >= 11 is 6.19. The molecule has 0 unspecified atom stereocenters. The van der Waals surface area contributed by atoms with Crippen molar-refractivity contribution in [2.75, 3.05) is 24.5 Å². The third kappa shape index (κ3) is 2.15. The van der Waals surface area contributed by atoms with Gasteiger partial charge in [0.2, 0.25) is 5.91 Å². The highest BCUT2D eigenvalue weighted by Gasteiger charge is 2.50. The van der Waals surface area contributed by atoms with E-state index in [1.807, 2.05) is 4.90 Å². The molecule has 0 saturated carbocycles. The lowest BCUT2D eigenvalue weighted by Crippen LogP contribution is -2.61. The molecule has 2 fully saturated rings. The molecular weight excluding hydrogens is 278 g/mol. The van der Waals surface area contributed by atoms with Crippen molar-refractivity contribution in [2.24, 2.45) is 5.41 Å². The van der Waals surface area contributed by atoms with Crippen molar-refractivity contribution in [1.29, 1.82) is 0 Å². The average Bonchev–Trinajstić information content (AvgIpc) is 2.45. The van der Waals surface area contributed by atoms with Crippen molar-refractivity contribution in [1.82, 2.24) is 10.3 Å². The molecule has 0 bridgehead atoms. The molecule has 2 saturated heterocycles. The molecule has 1 amide bonds. The number of pyridine rings is 1. The van der Waals surface area contributed by atoms with Crippen molar-refractivity contribution in [3.05, 3.63) is 23.4 Å². The van der Waals surface area contributed by atoms with Gasteiger partial charge in [-0.1, -0.05) is 11.6 Å². The first-order valence-electron chi connectivity index (χ1n) is 6.95. The zero-order chi connectivity index (χ0) is 14.2. The number of aliphatic hydroxyl groups is 1. The lowest BCUT2D eigenvalue weighted by Gasteiger charge is -2.47. The van der Waals surface area contributed by atoms with E-state index in [0.29, 0.717) is 43.3 Å². The Bertz CT molecular complexity index is 525. The highest BCUT2D eigenvalue weighted by Crippen LogP contribution is 2.39. The van der Waals surface area contributed by atoms with Crippen molar-refractivity contribution < 1.29 is 9.90 Å². The van der Waals surface area contributed by atoms with Gasteiger partial charge in [-0.25, -0.2) is 4.98 Å². The minimum atomic E-state index is -0.725. The summed E-state index contributed by atoms with van der Waals surface area (Å²) in [5.74, 6) is 0.645. The molecule has 20 heavy (non-hydrogen) atoms. The van der Waals surface area contributed by atoms with E-state index in [1.54, 1.807) is 18.3 Å². The average molecular weight is 296 g/mol. The van der Waals surface area contributed by atoms with Gasteiger partial charge in [0.15, 0.2) is 0 Å². The molecule has 0 radical (unpaired) electrons. The first-order chi connectivity index (χ1) is 9.63. The van der Waals surface area contributed by atoms with Crippen molar-refractivity contribution >= 4 is 23.3 Å². The maximum Gasteiger partial charge on any atom is 0.230 e. The quantitative estimate of drug-likeness (QED) is 0.817. The fourth-order valence-corrected chi connectivity index (χ4v) is 3.48. The van der Waals surface area contributed by atoms with Crippen LogP contribution in [0.2, 0.25) is 5.02 Å². The smallest absolute Gasteiger partial charge is 0.230 e. The number of aliphatic hydroxyl groups excluding tert-OH is 1. The van der Waals surface area contributed by atoms with Crippen LogP contribution in [-0.2, 0) is 4.79 Å². The number of nitrogens with zero attached hydrogens (tertiary/aromatic N) is 2. The number of hydrogen-bond donors (Lipinski definition) is 2. The van der Waals surface area contributed by atoms with E-state index in [0.717, 1.165) is 6.42 Å². The Kier molecular flexibility index (Phi) is 3.56. The third-order valence-electron chi connectivity index (χ3n) is 4.36. The van der Waals surface area contributed by atoms with Gasteiger partial charge in [0, 0.05) is 25.8 Å². The molecule has 2 aliphatic heterocycles. The van der Waals surface area contributed by atoms with Crippen molar-refractivity contribution in [3.8, 4) is 0 Å². The molecule has 5 nitrogen and oxygen atoms in total. The Morgan fingerprint density at radius 2 is 2.40 bits per heavy atom. The highest BCUT2D eigenvalue weighted by atomic mass is 35.5. The summed E-state index contributed by atoms with van der Waals surface area (Å²) in [6, 6.07) is 3.58. The van der Waals surface area contributed by atoms with Crippen molar-refractivity contribution in [3.63, 3.8) is 0 Å². The Balaban J connectivity index is 1.90. The van der Waals surface area contributed by atoms with Gasteiger partial charge in [-0.15, -0.1) is 0 Å². The number of carbonyl (C=O) groups excluding carboxylic acids is 1. The molecule has 0 aromatic carbocycles. The Labute approximate surface area is 122 Å². The Morgan fingerprint density at radius 3 is 3.15 bits per heavy atom. The number of piperidine rings is 2. The second-order valence-corrected chi connectivity index (χ2v) is 5.96. The standard InChI is InChI=1S/C14H18ClN3O2/c15-10-3-1-6-16-12(10)18-8-4-11(19)14(9-18)5-2-7-17-13(14)20/h1,3,6,11,19H,2,4-5,7-9H2,(H,17,20)/t11-,14-/m1/s1. The summed E-state index contributed by atoms with van der Waals surface area (Å²) in [6.07, 6.45) is 3.26. The summed E-state index contributed by atoms with van der Waals surface area (Å²) in [5.41, 5.74) is -0.725. The minimum Gasteiger partial charge on any atom is -0.392 e. The van der Waals surface area contributed by atoms with Gasteiger partial charge in [0.25, 0.3) is 0 Å². The van der Waals surface area contributed by atoms with Crippen LogP contribution in [0.25, 0.3) is 0 Å². The van der Waals surface area contributed by atoms with Crippen LogP contribution in [0.5, 0.6) is 0 Å². The molecule has 1 aromatic heterocycles. The van der Waals surface area contributed by atoms with Crippen LogP contribution >= 0.6 is 11.6 Å². The SMILES string of the molecule is O=C1NCCC[C@]12CN(c1ncccc1Cl)CC[C@H]2O. The van der Waals surface area contributed by atoms with Crippen LogP contribution in [0.1, 0.15) is 19.3 Å². The van der Waals surface area contributed by atoms with Crippen LogP contribution in [-0.4, -0.2) is 41.7 Å². The number of anilines is 1. The van der Waals surface area contributed by atoms with E-state index in [9.17, 15) is 9.90 Å². The van der Waals surface area contributed by atoms with E-state index >= 15 is 0 Å². The third-order valence-corrected chi connectivity index (χ3v) is 4.65. The predicted octanol–water partition coefficient (Wildman–Crippen LogP) is 1.20. The maximum atomic E-state index is 12.3. The number of rotatable bonds is 1. The van der Waals surface area contributed by atoms with E-state index < -0.39 is 11.5 Å². The number of halogens is 1. The number of hydrogen-bond acceptors (Lipinski definition) is 4. The first kappa shape index (κ1) is 13.6. The lowest BCUT2D eigenvalue weighted by atomic mass is 9.71. The largest absolute Gasteiger partial charge is 0.392 e. The van der Waals surface area contributed by atoms with Gasteiger partial charge in [0.05, 0.1) is 16.5 Å². The monoisotopic (exact) mass is 295 g/mol.